The summed E-state index contributed by atoms with van der Waals surface area (Å²) in [6.45, 7) is 2.04. The molecule has 1 aliphatic carbocycles. The number of hydrogen-bond donors (Lipinski definition) is 1. The molecular weight excluding hydrogens is 274 g/mol. The summed E-state index contributed by atoms with van der Waals surface area (Å²) >= 11 is 0. The van der Waals surface area contributed by atoms with Crippen molar-refractivity contribution in [2.24, 2.45) is 0 Å². The van der Waals surface area contributed by atoms with E-state index < -0.39 is 10.0 Å². The maximum atomic E-state index is 12.7. The monoisotopic (exact) mass is 297 g/mol. The van der Waals surface area contributed by atoms with E-state index in [1.54, 1.807) is 4.31 Å². The van der Waals surface area contributed by atoms with Crippen molar-refractivity contribution in [2.45, 2.75) is 49.6 Å². The van der Waals surface area contributed by atoms with Gasteiger partial charge in [0.15, 0.2) is 0 Å². The fraction of sp³-hybridized carbons (Fsp3) is 0.714. The smallest absolute Gasteiger partial charge is 0.244 e. The van der Waals surface area contributed by atoms with Gasteiger partial charge in [-0.2, -0.15) is 4.31 Å². The third-order valence-corrected chi connectivity index (χ3v) is 6.02. The number of hydrogen-bond acceptors (Lipinski definition) is 3. The molecule has 0 amide bonds. The van der Waals surface area contributed by atoms with Crippen molar-refractivity contribution in [2.75, 3.05) is 20.1 Å². The molecule has 1 saturated carbocycles. The number of sulfonamides is 1. The van der Waals surface area contributed by atoms with E-state index in [0.717, 1.165) is 37.8 Å². The van der Waals surface area contributed by atoms with E-state index in [1.165, 1.54) is 0 Å². The van der Waals surface area contributed by atoms with Gasteiger partial charge in [0.1, 0.15) is 4.90 Å². The van der Waals surface area contributed by atoms with Crippen LogP contribution in [0.4, 0.5) is 0 Å². The molecule has 0 spiro atoms. The Morgan fingerprint density at radius 3 is 2.55 bits per heavy atom. The average molecular weight is 297 g/mol. The quantitative estimate of drug-likeness (QED) is 0.900. The molecule has 0 aromatic carbocycles. The highest BCUT2D eigenvalue weighted by molar-refractivity contribution is 7.89. The molecule has 0 bridgehead atoms. The molecule has 1 saturated heterocycles. The largest absolute Gasteiger partial charge is 0.346 e. The number of nitrogens with zero attached hydrogens (tertiary/aromatic N) is 2. The van der Waals surface area contributed by atoms with Crippen LogP contribution in [0.3, 0.4) is 0 Å². The molecule has 0 radical (unpaired) electrons. The zero-order valence-corrected chi connectivity index (χ0v) is 12.8. The Balaban J connectivity index is 1.90. The summed E-state index contributed by atoms with van der Waals surface area (Å²) in [5.74, 6) is 0. The van der Waals surface area contributed by atoms with Crippen molar-refractivity contribution in [3.05, 3.63) is 18.0 Å². The van der Waals surface area contributed by atoms with Gasteiger partial charge in [0, 0.05) is 37.6 Å². The summed E-state index contributed by atoms with van der Waals surface area (Å²) < 4.78 is 29.2. The summed E-state index contributed by atoms with van der Waals surface area (Å²) in [5.41, 5.74) is 1.07. The predicted molar refractivity (Wildman–Crippen MR) is 78.1 cm³/mol. The second-order valence-corrected chi connectivity index (χ2v) is 7.74. The molecule has 1 N–H and O–H groups in total. The number of nitrogens with one attached hydrogen (secondary N) is 1. The zero-order chi connectivity index (χ0) is 14.2. The molecule has 0 unspecified atom stereocenters. The molecule has 6 heteroatoms. The third kappa shape index (κ3) is 2.64. The summed E-state index contributed by atoms with van der Waals surface area (Å²) in [7, 11) is -1.41. The lowest BCUT2D eigenvalue weighted by molar-refractivity contribution is 0.346. The topological polar surface area (TPSA) is 54.3 Å². The van der Waals surface area contributed by atoms with Gasteiger partial charge in [0.2, 0.25) is 10.0 Å². The van der Waals surface area contributed by atoms with Crippen LogP contribution in [0.25, 0.3) is 0 Å². The first-order valence-corrected chi connectivity index (χ1v) is 8.92. The Morgan fingerprint density at radius 1 is 1.25 bits per heavy atom. The Labute approximate surface area is 121 Å². The fourth-order valence-electron chi connectivity index (χ4n) is 2.91. The van der Waals surface area contributed by atoms with Gasteiger partial charge in [-0.25, -0.2) is 8.42 Å². The Hall–Kier alpha value is -0.850. The van der Waals surface area contributed by atoms with Gasteiger partial charge >= 0.3 is 0 Å². The molecule has 2 fully saturated rings. The molecule has 2 aliphatic rings. The van der Waals surface area contributed by atoms with Crippen LogP contribution in [0.2, 0.25) is 0 Å². The number of piperidine rings is 1. The maximum absolute atomic E-state index is 12.7. The molecule has 2 heterocycles. The minimum atomic E-state index is -3.30. The van der Waals surface area contributed by atoms with Gasteiger partial charge in [-0.05, 0) is 38.8 Å². The highest BCUT2D eigenvalue weighted by Crippen LogP contribution is 2.37. The maximum Gasteiger partial charge on any atom is 0.244 e. The van der Waals surface area contributed by atoms with E-state index in [0.29, 0.717) is 30.6 Å². The van der Waals surface area contributed by atoms with Crippen LogP contribution in [0.1, 0.15) is 43.8 Å². The summed E-state index contributed by atoms with van der Waals surface area (Å²) in [5, 5.41) is 3.12. The lowest BCUT2D eigenvalue weighted by atomic mass is 10.2. The minimum absolute atomic E-state index is 0.469. The van der Waals surface area contributed by atoms with Crippen molar-refractivity contribution >= 4 is 10.0 Å². The van der Waals surface area contributed by atoms with Crippen LogP contribution >= 0.6 is 0 Å². The van der Waals surface area contributed by atoms with Crippen LogP contribution in [0.5, 0.6) is 0 Å². The number of rotatable bonds is 5. The Bertz CT molecular complexity index is 569. The van der Waals surface area contributed by atoms with E-state index in [4.69, 9.17) is 0 Å². The SMILES string of the molecule is CNCc1cc(S(=O)(=O)N2CCCCC2)cn1C1CC1. The van der Waals surface area contributed by atoms with Crippen LogP contribution in [-0.2, 0) is 16.6 Å². The van der Waals surface area contributed by atoms with Crippen LogP contribution < -0.4 is 5.32 Å². The Kier molecular flexibility index (Phi) is 3.88. The third-order valence-electron chi connectivity index (χ3n) is 4.16. The van der Waals surface area contributed by atoms with E-state index >= 15 is 0 Å². The van der Waals surface area contributed by atoms with Crippen molar-refractivity contribution in [3.63, 3.8) is 0 Å². The van der Waals surface area contributed by atoms with Crippen molar-refractivity contribution in [1.29, 1.82) is 0 Å². The predicted octanol–water partition coefficient (Wildman–Crippen LogP) is 1.72. The molecule has 5 nitrogen and oxygen atoms in total. The van der Waals surface area contributed by atoms with Gasteiger partial charge in [-0.3, -0.25) is 0 Å². The average Bonchev–Trinajstić information content (AvgIpc) is 3.21. The number of aromatic nitrogens is 1. The lowest BCUT2D eigenvalue weighted by Crippen LogP contribution is -2.35. The second kappa shape index (κ2) is 5.50. The zero-order valence-electron chi connectivity index (χ0n) is 12.0. The van der Waals surface area contributed by atoms with Crippen LogP contribution in [-0.4, -0.2) is 37.4 Å². The van der Waals surface area contributed by atoms with Crippen molar-refractivity contribution in [1.82, 2.24) is 14.2 Å². The van der Waals surface area contributed by atoms with Crippen LogP contribution in [0, 0.1) is 0 Å². The first-order valence-electron chi connectivity index (χ1n) is 7.48. The molecule has 3 rings (SSSR count). The molecule has 1 aromatic rings. The summed E-state index contributed by atoms with van der Waals surface area (Å²) in [6, 6.07) is 2.35. The first kappa shape index (κ1) is 14.1. The molecular formula is C14H23N3O2S. The fourth-order valence-corrected chi connectivity index (χ4v) is 4.48. The van der Waals surface area contributed by atoms with Gasteiger partial charge in [0.05, 0.1) is 0 Å². The normalized spacial score (nSPS) is 21.2. The Morgan fingerprint density at radius 2 is 1.95 bits per heavy atom. The van der Waals surface area contributed by atoms with Gasteiger partial charge in [-0.15, -0.1) is 0 Å². The molecule has 1 aromatic heterocycles. The van der Waals surface area contributed by atoms with Crippen molar-refractivity contribution < 1.29 is 8.42 Å². The van der Waals surface area contributed by atoms with Gasteiger partial charge in [0.25, 0.3) is 0 Å². The highest BCUT2D eigenvalue weighted by atomic mass is 32.2. The van der Waals surface area contributed by atoms with Crippen LogP contribution in [0.15, 0.2) is 17.2 Å². The van der Waals surface area contributed by atoms with Gasteiger partial charge < -0.3 is 9.88 Å². The van der Waals surface area contributed by atoms with E-state index in [-0.39, 0.29) is 0 Å². The van der Waals surface area contributed by atoms with Crippen molar-refractivity contribution in [3.8, 4) is 0 Å². The molecule has 20 heavy (non-hydrogen) atoms. The summed E-state index contributed by atoms with van der Waals surface area (Å²) in [4.78, 5) is 0.469. The highest BCUT2D eigenvalue weighted by Gasteiger charge is 2.31. The molecule has 1 aliphatic heterocycles. The van der Waals surface area contributed by atoms with E-state index in [9.17, 15) is 8.42 Å². The second-order valence-electron chi connectivity index (χ2n) is 5.80. The first-order chi connectivity index (χ1) is 9.63. The minimum Gasteiger partial charge on any atom is -0.346 e. The summed E-state index contributed by atoms with van der Waals surface area (Å²) in [6.07, 6.45) is 7.26. The standard InChI is InChI=1S/C14H23N3O2S/c1-15-10-13-9-14(11-17(13)12-5-6-12)20(18,19)16-7-3-2-4-8-16/h9,11-12,15H,2-8,10H2,1H3. The van der Waals surface area contributed by atoms with Gasteiger partial charge in [-0.1, -0.05) is 6.42 Å². The molecule has 0 atom stereocenters. The molecule has 112 valence electrons. The van der Waals surface area contributed by atoms with E-state index in [1.807, 2.05) is 19.3 Å². The van der Waals surface area contributed by atoms with E-state index in [2.05, 4.69) is 9.88 Å². The lowest BCUT2D eigenvalue weighted by Gasteiger charge is -2.25.